The van der Waals surface area contributed by atoms with E-state index in [2.05, 4.69) is 27.7 Å². The maximum atomic E-state index is 12.9. The van der Waals surface area contributed by atoms with Crippen molar-refractivity contribution in [2.75, 3.05) is 39.6 Å². The van der Waals surface area contributed by atoms with Crippen LogP contribution in [-0.2, 0) is 65.4 Å². The van der Waals surface area contributed by atoms with E-state index in [0.717, 1.165) is 96.3 Å². The summed E-state index contributed by atoms with van der Waals surface area (Å²) in [5, 5.41) is 10.4. The normalized spacial score (nSPS) is 14.4. The molecule has 0 bridgehead atoms. The van der Waals surface area contributed by atoms with Gasteiger partial charge in [-0.05, 0) is 25.7 Å². The summed E-state index contributed by atoms with van der Waals surface area (Å²) in [5.74, 6) is -2.17. The summed E-state index contributed by atoms with van der Waals surface area (Å²) in [4.78, 5) is 71.3. The average molecular weight is 1120 g/mol. The molecule has 444 valence electrons. The number of aliphatic hydroxyl groups is 1. The van der Waals surface area contributed by atoms with Gasteiger partial charge in [0.25, 0.3) is 0 Å². The molecule has 0 aliphatic heterocycles. The highest BCUT2D eigenvalue weighted by Crippen LogP contribution is 2.45. The molecule has 0 saturated carbocycles. The lowest BCUT2D eigenvalue weighted by Crippen LogP contribution is -2.30. The standard InChI is InChI=1S/C56H108O17P2/c1-5-9-13-17-19-21-23-24-25-26-27-29-31-35-39-43-56(61)73-52(47-67-54(59)41-37-34-30-28-22-20-18-14-10-6-2)49-71-75(64,65)69-45-50(57)44-68-74(62,63)70-48-51(72-55(60)42-38-33-16-12-8-4)46-66-53(58)40-36-32-15-11-7-3/h50-52,57H,5-49H2,1-4H3,(H,62,63)(H,64,65)/t50-,51+,52+/m0/s1. The zero-order valence-corrected chi connectivity index (χ0v) is 49.3. The first-order chi connectivity index (χ1) is 36.2. The van der Waals surface area contributed by atoms with Gasteiger partial charge in [0.2, 0.25) is 0 Å². The van der Waals surface area contributed by atoms with Crippen molar-refractivity contribution in [2.24, 2.45) is 0 Å². The van der Waals surface area contributed by atoms with Crippen LogP contribution in [0.4, 0.5) is 0 Å². The minimum absolute atomic E-state index is 0.0990. The van der Waals surface area contributed by atoms with E-state index in [1.807, 2.05) is 0 Å². The number of hydrogen-bond acceptors (Lipinski definition) is 15. The summed E-state index contributed by atoms with van der Waals surface area (Å²) >= 11 is 0. The van der Waals surface area contributed by atoms with Gasteiger partial charge >= 0.3 is 39.5 Å². The molecular formula is C56H108O17P2. The molecule has 5 atom stereocenters. The van der Waals surface area contributed by atoms with Crippen LogP contribution in [0.1, 0.15) is 278 Å². The van der Waals surface area contributed by atoms with Gasteiger partial charge in [0, 0.05) is 25.7 Å². The fraction of sp³-hybridized carbons (Fsp3) is 0.929. The van der Waals surface area contributed by atoms with E-state index < -0.39 is 97.5 Å². The molecule has 3 N–H and O–H groups in total. The quantitative estimate of drug-likeness (QED) is 0.0222. The first kappa shape index (κ1) is 73.1. The molecule has 0 spiro atoms. The smallest absolute Gasteiger partial charge is 0.462 e. The molecule has 0 heterocycles. The van der Waals surface area contributed by atoms with E-state index in [9.17, 15) is 43.2 Å². The Morgan fingerprint density at radius 3 is 0.787 bits per heavy atom. The lowest BCUT2D eigenvalue weighted by atomic mass is 10.0. The summed E-state index contributed by atoms with van der Waals surface area (Å²) in [6.45, 7) is 4.65. The number of phosphoric ester groups is 2. The van der Waals surface area contributed by atoms with Crippen molar-refractivity contribution in [1.29, 1.82) is 0 Å². The van der Waals surface area contributed by atoms with Gasteiger partial charge in [-0.25, -0.2) is 9.13 Å². The Morgan fingerprint density at radius 2 is 0.533 bits per heavy atom. The van der Waals surface area contributed by atoms with Crippen LogP contribution in [0.15, 0.2) is 0 Å². The Balaban J connectivity index is 5.11. The van der Waals surface area contributed by atoms with Crippen molar-refractivity contribution >= 4 is 39.5 Å². The van der Waals surface area contributed by atoms with Gasteiger partial charge in [-0.3, -0.25) is 37.3 Å². The highest BCUT2D eigenvalue weighted by Gasteiger charge is 2.30. The molecule has 2 unspecified atom stereocenters. The van der Waals surface area contributed by atoms with Crippen LogP contribution in [0, 0.1) is 0 Å². The monoisotopic (exact) mass is 1110 g/mol. The number of carbonyl (C=O) groups excluding carboxylic acids is 4. The van der Waals surface area contributed by atoms with Gasteiger partial charge in [0.05, 0.1) is 26.4 Å². The number of rotatable bonds is 57. The van der Waals surface area contributed by atoms with Crippen LogP contribution in [0.2, 0.25) is 0 Å². The number of carbonyl (C=O) groups is 4. The van der Waals surface area contributed by atoms with Crippen molar-refractivity contribution in [3.05, 3.63) is 0 Å². The van der Waals surface area contributed by atoms with Crippen molar-refractivity contribution in [3.63, 3.8) is 0 Å². The molecule has 0 rings (SSSR count). The van der Waals surface area contributed by atoms with E-state index in [1.54, 1.807) is 0 Å². The lowest BCUT2D eigenvalue weighted by molar-refractivity contribution is -0.161. The Kier molecular flexibility index (Phi) is 50.2. The first-order valence-corrected chi connectivity index (χ1v) is 32.8. The summed E-state index contributed by atoms with van der Waals surface area (Å²) in [5.41, 5.74) is 0. The van der Waals surface area contributed by atoms with E-state index in [4.69, 9.17) is 37.0 Å². The van der Waals surface area contributed by atoms with Crippen molar-refractivity contribution in [2.45, 2.75) is 296 Å². The average Bonchev–Trinajstić information content (AvgIpc) is 3.38. The largest absolute Gasteiger partial charge is 0.472 e. The second kappa shape index (κ2) is 51.5. The van der Waals surface area contributed by atoms with Crippen LogP contribution in [0.5, 0.6) is 0 Å². The van der Waals surface area contributed by atoms with Gasteiger partial charge in [0.1, 0.15) is 19.3 Å². The number of esters is 4. The summed E-state index contributed by atoms with van der Waals surface area (Å²) in [6, 6.07) is 0. The van der Waals surface area contributed by atoms with Crippen molar-refractivity contribution in [3.8, 4) is 0 Å². The van der Waals surface area contributed by atoms with Gasteiger partial charge < -0.3 is 33.8 Å². The minimum atomic E-state index is -4.93. The zero-order chi connectivity index (χ0) is 55.5. The van der Waals surface area contributed by atoms with E-state index in [0.29, 0.717) is 25.7 Å². The fourth-order valence-electron chi connectivity index (χ4n) is 8.22. The molecular weight excluding hydrogens is 1010 g/mol. The topological polar surface area (TPSA) is 237 Å². The van der Waals surface area contributed by atoms with Crippen LogP contribution in [-0.4, -0.2) is 96.7 Å². The second-order valence-electron chi connectivity index (χ2n) is 20.3. The molecule has 0 aromatic carbocycles. The number of phosphoric acid groups is 2. The highest BCUT2D eigenvalue weighted by molar-refractivity contribution is 7.47. The summed E-state index contributed by atoms with van der Waals surface area (Å²) in [7, 11) is -9.85. The highest BCUT2D eigenvalue weighted by atomic mass is 31.2. The lowest BCUT2D eigenvalue weighted by Gasteiger charge is -2.21. The molecule has 0 aliphatic carbocycles. The van der Waals surface area contributed by atoms with Crippen molar-refractivity contribution < 1.29 is 80.2 Å². The molecule has 75 heavy (non-hydrogen) atoms. The number of aliphatic hydroxyl groups excluding tert-OH is 1. The minimum Gasteiger partial charge on any atom is -0.462 e. The first-order valence-electron chi connectivity index (χ1n) is 29.8. The third kappa shape index (κ3) is 51.3. The molecule has 0 amide bonds. The summed E-state index contributed by atoms with van der Waals surface area (Å²) < 4.78 is 67.2. The summed E-state index contributed by atoms with van der Waals surface area (Å²) in [6.07, 6.45) is 34.2. The van der Waals surface area contributed by atoms with Crippen LogP contribution >= 0.6 is 15.6 Å². The third-order valence-corrected chi connectivity index (χ3v) is 14.8. The second-order valence-corrected chi connectivity index (χ2v) is 23.2. The molecule has 17 nitrogen and oxygen atoms in total. The van der Waals surface area contributed by atoms with Crippen LogP contribution in [0.25, 0.3) is 0 Å². The van der Waals surface area contributed by atoms with E-state index in [1.165, 1.54) is 103 Å². The Bertz CT molecular complexity index is 1470. The van der Waals surface area contributed by atoms with E-state index in [-0.39, 0.29) is 25.7 Å². The predicted octanol–water partition coefficient (Wildman–Crippen LogP) is 14.8. The number of ether oxygens (including phenoxy) is 4. The number of unbranched alkanes of at least 4 members (excludes halogenated alkanes) is 31. The van der Waals surface area contributed by atoms with Gasteiger partial charge in [-0.2, -0.15) is 0 Å². The molecule has 0 radical (unpaired) electrons. The van der Waals surface area contributed by atoms with Crippen LogP contribution < -0.4 is 0 Å². The van der Waals surface area contributed by atoms with Crippen molar-refractivity contribution in [1.82, 2.24) is 0 Å². The molecule has 0 aliphatic rings. The van der Waals surface area contributed by atoms with E-state index >= 15 is 0 Å². The Labute approximate surface area is 454 Å². The maximum absolute atomic E-state index is 12.9. The molecule has 0 aromatic heterocycles. The Morgan fingerprint density at radius 1 is 0.320 bits per heavy atom. The molecule has 0 aromatic rings. The third-order valence-electron chi connectivity index (χ3n) is 12.9. The molecule has 19 heteroatoms. The number of hydrogen-bond donors (Lipinski definition) is 3. The van der Waals surface area contributed by atoms with Gasteiger partial charge in [0.15, 0.2) is 12.2 Å². The van der Waals surface area contributed by atoms with Gasteiger partial charge in [-0.15, -0.1) is 0 Å². The molecule has 0 saturated heterocycles. The van der Waals surface area contributed by atoms with Crippen LogP contribution in [0.3, 0.4) is 0 Å². The predicted molar refractivity (Wildman–Crippen MR) is 294 cm³/mol. The van der Waals surface area contributed by atoms with Gasteiger partial charge in [-0.1, -0.05) is 227 Å². The zero-order valence-electron chi connectivity index (χ0n) is 47.5. The fourth-order valence-corrected chi connectivity index (χ4v) is 9.80. The SMILES string of the molecule is CCCCCCCCCCCCCCCCCC(=O)O[C@H](COC(=O)CCCCCCCCCCCC)COP(=O)(O)OC[C@@H](O)COP(=O)(O)OC[C@@H](COC(=O)CCCCCCC)OC(=O)CCCCCCC. The Hall–Kier alpha value is -1.94. The molecule has 0 fully saturated rings. The maximum Gasteiger partial charge on any atom is 0.472 e.